The van der Waals surface area contributed by atoms with Crippen LogP contribution in [0.25, 0.3) is 0 Å². The molecule has 0 aliphatic rings. The zero-order valence-electron chi connectivity index (χ0n) is 14.9. The highest BCUT2D eigenvalue weighted by atomic mass is 16.2. The summed E-state index contributed by atoms with van der Waals surface area (Å²) in [4.78, 5) is 23.8. The first-order valence-electron chi connectivity index (χ1n) is 8.42. The molecule has 0 saturated carbocycles. The molecule has 0 fully saturated rings. The van der Waals surface area contributed by atoms with Gasteiger partial charge in [0.1, 0.15) is 0 Å². The maximum absolute atomic E-state index is 12.1. The lowest BCUT2D eigenvalue weighted by Crippen LogP contribution is -2.24. The zero-order chi connectivity index (χ0) is 18.2. The van der Waals surface area contributed by atoms with Crippen molar-refractivity contribution in [2.45, 2.75) is 33.7 Å². The minimum Gasteiger partial charge on any atom is -0.352 e. The Hall–Kier alpha value is -2.82. The summed E-state index contributed by atoms with van der Waals surface area (Å²) >= 11 is 0. The van der Waals surface area contributed by atoms with Crippen molar-refractivity contribution in [3.8, 4) is 0 Å². The number of benzene rings is 2. The van der Waals surface area contributed by atoms with Gasteiger partial charge in [0.05, 0.1) is 0 Å². The Kier molecular flexibility index (Phi) is 6.57. The second kappa shape index (κ2) is 8.87. The van der Waals surface area contributed by atoms with Gasteiger partial charge in [0.2, 0.25) is 5.91 Å². The average molecular weight is 339 g/mol. The first kappa shape index (κ1) is 18.5. The van der Waals surface area contributed by atoms with Crippen LogP contribution in [0.2, 0.25) is 0 Å². The first-order valence-corrected chi connectivity index (χ1v) is 8.42. The van der Waals surface area contributed by atoms with Crippen molar-refractivity contribution in [3.63, 3.8) is 0 Å². The van der Waals surface area contributed by atoms with Crippen molar-refractivity contribution in [2.24, 2.45) is 5.92 Å². The van der Waals surface area contributed by atoms with Gasteiger partial charge in [-0.2, -0.15) is 0 Å². The molecule has 2 aromatic carbocycles. The van der Waals surface area contributed by atoms with Crippen LogP contribution >= 0.6 is 0 Å². The number of urea groups is 1. The fraction of sp³-hybridized carbons (Fsp3) is 0.300. The minimum absolute atomic E-state index is 0.0329. The molecule has 132 valence electrons. The van der Waals surface area contributed by atoms with Crippen molar-refractivity contribution in [3.05, 3.63) is 59.7 Å². The Morgan fingerprint density at radius 2 is 1.60 bits per heavy atom. The SMILES string of the molecule is Cc1cccc(NC(=O)Nc2cccc(CNC(=O)CC(C)C)c2)c1. The second-order valence-corrected chi connectivity index (χ2v) is 6.52. The lowest BCUT2D eigenvalue weighted by molar-refractivity contribution is -0.121. The van der Waals surface area contributed by atoms with E-state index < -0.39 is 0 Å². The van der Waals surface area contributed by atoms with E-state index in [1.54, 1.807) is 0 Å². The summed E-state index contributed by atoms with van der Waals surface area (Å²) in [5.41, 5.74) is 3.44. The summed E-state index contributed by atoms with van der Waals surface area (Å²) in [5, 5.41) is 8.50. The molecule has 0 aromatic heterocycles. The van der Waals surface area contributed by atoms with E-state index >= 15 is 0 Å². The van der Waals surface area contributed by atoms with Crippen molar-refractivity contribution in [1.29, 1.82) is 0 Å². The monoisotopic (exact) mass is 339 g/mol. The van der Waals surface area contributed by atoms with Gasteiger partial charge in [0.25, 0.3) is 0 Å². The largest absolute Gasteiger partial charge is 0.352 e. The van der Waals surface area contributed by atoms with Gasteiger partial charge in [-0.3, -0.25) is 4.79 Å². The summed E-state index contributed by atoms with van der Waals surface area (Å²) in [5.74, 6) is 0.365. The van der Waals surface area contributed by atoms with Gasteiger partial charge in [-0.1, -0.05) is 38.1 Å². The molecule has 0 saturated heterocycles. The number of amides is 3. The highest BCUT2D eigenvalue weighted by Gasteiger charge is 2.06. The number of carbonyl (C=O) groups is 2. The fourth-order valence-electron chi connectivity index (χ4n) is 2.42. The van der Waals surface area contributed by atoms with Crippen LogP contribution in [0.1, 0.15) is 31.4 Å². The number of carbonyl (C=O) groups excluding carboxylic acids is 2. The van der Waals surface area contributed by atoms with Crippen LogP contribution < -0.4 is 16.0 Å². The third kappa shape index (κ3) is 6.67. The van der Waals surface area contributed by atoms with Gasteiger partial charge >= 0.3 is 6.03 Å². The Balaban J connectivity index is 1.90. The molecule has 3 amide bonds. The van der Waals surface area contributed by atoms with Gasteiger partial charge in [-0.25, -0.2) is 4.79 Å². The summed E-state index contributed by atoms with van der Waals surface area (Å²) < 4.78 is 0. The van der Waals surface area contributed by atoms with Crippen LogP contribution in [-0.4, -0.2) is 11.9 Å². The second-order valence-electron chi connectivity index (χ2n) is 6.52. The molecule has 2 rings (SSSR count). The lowest BCUT2D eigenvalue weighted by atomic mass is 10.1. The summed E-state index contributed by atoms with van der Waals surface area (Å²) in [6.07, 6.45) is 0.511. The van der Waals surface area contributed by atoms with E-state index in [0.717, 1.165) is 16.8 Å². The molecule has 2 aromatic rings. The number of anilines is 2. The van der Waals surface area contributed by atoms with Crippen LogP contribution in [0, 0.1) is 12.8 Å². The Morgan fingerprint density at radius 1 is 0.960 bits per heavy atom. The molecule has 5 heteroatoms. The van der Waals surface area contributed by atoms with E-state index in [0.29, 0.717) is 24.6 Å². The normalized spacial score (nSPS) is 10.4. The van der Waals surface area contributed by atoms with Crippen LogP contribution in [0.15, 0.2) is 48.5 Å². The first-order chi connectivity index (χ1) is 11.9. The van der Waals surface area contributed by atoms with Crippen molar-refractivity contribution in [1.82, 2.24) is 5.32 Å². The zero-order valence-corrected chi connectivity index (χ0v) is 14.9. The van der Waals surface area contributed by atoms with E-state index in [1.807, 2.05) is 69.3 Å². The molecule has 5 nitrogen and oxygen atoms in total. The third-order valence-corrected chi connectivity index (χ3v) is 3.54. The number of rotatable bonds is 6. The highest BCUT2D eigenvalue weighted by molar-refractivity contribution is 5.99. The Morgan fingerprint density at radius 3 is 2.24 bits per heavy atom. The lowest BCUT2D eigenvalue weighted by Gasteiger charge is -2.11. The molecule has 0 spiro atoms. The molecule has 0 bridgehead atoms. The van der Waals surface area contributed by atoms with Crippen LogP contribution in [0.5, 0.6) is 0 Å². The number of nitrogens with one attached hydrogen (secondary N) is 3. The molecule has 3 N–H and O–H groups in total. The molecular formula is C20H25N3O2. The van der Waals surface area contributed by atoms with Crippen molar-refractivity contribution in [2.75, 3.05) is 10.6 Å². The summed E-state index contributed by atoms with van der Waals surface area (Å²) in [6.45, 7) is 6.44. The maximum atomic E-state index is 12.1. The van der Waals surface area contributed by atoms with E-state index in [9.17, 15) is 9.59 Å². The average Bonchev–Trinajstić information content (AvgIpc) is 2.52. The molecule has 0 aliphatic heterocycles. The van der Waals surface area contributed by atoms with Crippen LogP contribution in [-0.2, 0) is 11.3 Å². The molecular weight excluding hydrogens is 314 g/mol. The van der Waals surface area contributed by atoms with Gasteiger partial charge in [0.15, 0.2) is 0 Å². The van der Waals surface area contributed by atoms with E-state index in [1.165, 1.54) is 0 Å². The smallest absolute Gasteiger partial charge is 0.323 e. The Labute approximate surface area is 148 Å². The summed E-state index contributed by atoms with van der Waals surface area (Å²) in [7, 11) is 0. The number of hydrogen-bond acceptors (Lipinski definition) is 2. The van der Waals surface area contributed by atoms with Crippen molar-refractivity contribution >= 4 is 23.3 Å². The minimum atomic E-state index is -0.299. The van der Waals surface area contributed by atoms with E-state index in [2.05, 4.69) is 16.0 Å². The van der Waals surface area contributed by atoms with Crippen LogP contribution in [0.3, 0.4) is 0 Å². The quantitative estimate of drug-likeness (QED) is 0.734. The van der Waals surface area contributed by atoms with Gasteiger partial charge in [0, 0.05) is 24.3 Å². The van der Waals surface area contributed by atoms with E-state index in [-0.39, 0.29) is 11.9 Å². The maximum Gasteiger partial charge on any atom is 0.323 e. The van der Waals surface area contributed by atoms with Crippen LogP contribution in [0.4, 0.5) is 16.2 Å². The molecule has 0 radical (unpaired) electrons. The molecule has 0 atom stereocenters. The topological polar surface area (TPSA) is 70.2 Å². The number of hydrogen-bond donors (Lipinski definition) is 3. The highest BCUT2D eigenvalue weighted by Crippen LogP contribution is 2.13. The fourth-order valence-corrected chi connectivity index (χ4v) is 2.42. The third-order valence-electron chi connectivity index (χ3n) is 3.54. The van der Waals surface area contributed by atoms with Crippen molar-refractivity contribution < 1.29 is 9.59 Å². The Bertz CT molecular complexity index is 741. The molecule has 0 aliphatic carbocycles. The molecule has 0 unspecified atom stereocenters. The number of aryl methyl sites for hydroxylation is 1. The van der Waals surface area contributed by atoms with Gasteiger partial charge < -0.3 is 16.0 Å². The molecule has 25 heavy (non-hydrogen) atoms. The van der Waals surface area contributed by atoms with Gasteiger partial charge in [-0.15, -0.1) is 0 Å². The molecule has 0 heterocycles. The predicted molar refractivity (Wildman–Crippen MR) is 102 cm³/mol. The van der Waals surface area contributed by atoms with Gasteiger partial charge in [-0.05, 0) is 48.2 Å². The predicted octanol–water partition coefficient (Wildman–Crippen LogP) is 4.30. The van der Waals surface area contributed by atoms with E-state index in [4.69, 9.17) is 0 Å². The summed E-state index contributed by atoms with van der Waals surface area (Å²) in [6, 6.07) is 14.7. The standard InChI is InChI=1S/C20H25N3O2/c1-14(2)10-19(24)21-13-16-7-5-9-18(12-16)23-20(25)22-17-8-4-6-15(3)11-17/h4-9,11-12,14H,10,13H2,1-3H3,(H,21,24)(H2,22,23,25).